The van der Waals surface area contributed by atoms with E-state index < -0.39 is 0 Å². The summed E-state index contributed by atoms with van der Waals surface area (Å²) in [5, 5.41) is 0. The van der Waals surface area contributed by atoms with Crippen LogP contribution in [-0.2, 0) is 4.74 Å². The van der Waals surface area contributed by atoms with Crippen molar-refractivity contribution in [2.75, 3.05) is 23.5 Å². The summed E-state index contributed by atoms with van der Waals surface area (Å²) in [6.45, 7) is 0. The first kappa shape index (κ1) is 12.6. The van der Waals surface area contributed by atoms with E-state index in [9.17, 15) is 0 Å². The number of fused-ring (bicyclic) bond motifs is 2. The number of hydrogen-bond donors (Lipinski definition) is 0. The number of hydrogen-bond acceptors (Lipinski definition) is 1. The number of alkyl halides is 4. The molecule has 2 rings (SSSR count). The summed E-state index contributed by atoms with van der Waals surface area (Å²) >= 11 is 23.9. The summed E-state index contributed by atoms with van der Waals surface area (Å²) in [6.07, 6.45) is 0.329. The van der Waals surface area contributed by atoms with Crippen LogP contribution in [0.15, 0.2) is 0 Å². The minimum Gasteiger partial charge on any atom is -0.374 e. The summed E-state index contributed by atoms with van der Waals surface area (Å²) in [4.78, 5) is 0. The molecule has 2 aliphatic rings. The van der Waals surface area contributed by atoms with Gasteiger partial charge in [-0.3, -0.25) is 0 Å². The summed E-state index contributed by atoms with van der Waals surface area (Å²) < 4.78 is 5.95. The lowest BCUT2D eigenvalue weighted by Crippen LogP contribution is -2.42. The maximum absolute atomic E-state index is 5.97. The summed E-state index contributed by atoms with van der Waals surface area (Å²) in [5.74, 6) is 3.77. The molecule has 0 aromatic rings. The Morgan fingerprint density at radius 3 is 1.07 bits per heavy atom. The monoisotopic (exact) mass is 290 g/mol. The molecule has 2 fully saturated rings. The molecule has 2 saturated heterocycles. The van der Waals surface area contributed by atoms with Crippen LogP contribution in [0.5, 0.6) is 0 Å². The van der Waals surface area contributed by atoms with E-state index in [4.69, 9.17) is 51.1 Å². The smallest absolute Gasteiger partial charge is 0.0666 e. The predicted molar refractivity (Wildman–Crippen MR) is 65.5 cm³/mol. The van der Waals surface area contributed by atoms with Crippen molar-refractivity contribution in [1.29, 1.82) is 0 Å². The van der Waals surface area contributed by atoms with Gasteiger partial charge in [0.25, 0.3) is 0 Å². The molecule has 5 heteroatoms. The molecule has 0 aromatic heterocycles. The van der Waals surface area contributed by atoms with E-state index in [-0.39, 0.29) is 12.2 Å². The van der Waals surface area contributed by atoms with Gasteiger partial charge in [0.2, 0.25) is 0 Å². The third kappa shape index (κ3) is 1.89. The SMILES string of the molecule is ClC[C@H]1C2OC([C@@H]1CCl)[C@H](CCl)[C@H]2CCl. The Morgan fingerprint density at radius 2 is 0.867 bits per heavy atom. The third-order valence-corrected chi connectivity index (χ3v) is 5.24. The van der Waals surface area contributed by atoms with Gasteiger partial charge in [-0.15, -0.1) is 46.4 Å². The molecule has 2 heterocycles. The zero-order chi connectivity index (χ0) is 11.0. The minimum atomic E-state index is 0.164. The zero-order valence-corrected chi connectivity index (χ0v) is 11.2. The molecular formula is C10H14Cl4O. The Morgan fingerprint density at radius 1 is 0.600 bits per heavy atom. The molecule has 15 heavy (non-hydrogen) atoms. The molecule has 88 valence electrons. The zero-order valence-electron chi connectivity index (χ0n) is 8.21. The molecule has 0 amide bonds. The van der Waals surface area contributed by atoms with Crippen LogP contribution in [0.4, 0.5) is 0 Å². The van der Waals surface area contributed by atoms with E-state index in [0.717, 1.165) is 0 Å². The van der Waals surface area contributed by atoms with Crippen molar-refractivity contribution in [3.05, 3.63) is 0 Å². The molecule has 0 saturated carbocycles. The maximum atomic E-state index is 5.97. The molecule has 0 radical (unpaired) electrons. The molecule has 0 N–H and O–H groups in total. The van der Waals surface area contributed by atoms with Gasteiger partial charge in [-0.2, -0.15) is 0 Å². The minimum absolute atomic E-state index is 0.164. The highest BCUT2D eigenvalue weighted by molar-refractivity contribution is 6.20. The van der Waals surface area contributed by atoms with Gasteiger partial charge in [0.05, 0.1) is 12.2 Å². The van der Waals surface area contributed by atoms with Crippen molar-refractivity contribution in [3.63, 3.8) is 0 Å². The summed E-state index contributed by atoms with van der Waals surface area (Å²) in [5.41, 5.74) is 0. The third-order valence-electron chi connectivity index (χ3n) is 3.81. The van der Waals surface area contributed by atoms with Gasteiger partial charge in [-0.05, 0) is 0 Å². The largest absolute Gasteiger partial charge is 0.374 e. The molecule has 0 unspecified atom stereocenters. The van der Waals surface area contributed by atoms with Crippen molar-refractivity contribution < 1.29 is 4.74 Å². The van der Waals surface area contributed by atoms with Crippen LogP contribution >= 0.6 is 46.4 Å². The van der Waals surface area contributed by atoms with Crippen molar-refractivity contribution in [2.45, 2.75) is 12.2 Å². The van der Waals surface area contributed by atoms with E-state index in [1.54, 1.807) is 0 Å². The van der Waals surface area contributed by atoms with Crippen molar-refractivity contribution in [3.8, 4) is 0 Å². The molecular weight excluding hydrogens is 278 g/mol. The van der Waals surface area contributed by atoms with Crippen molar-refractivity contribution >= 4 is 46.4 Å². The average Bonchev–Trinajstić information content (AvgIpc) is 2.80. The first-order chi connectivity index (χ1) is 7.28. The Bertz CT molecular complexity index is 183. The Hall–Kier alpha value is 1.12. The lowest BCUT2D eigenvalue weighted by atomic mass is 9.70. The second-order valence-electron chi connectivity index (χ2n) is 4.34. The van der Waals surface area contributed by atoms with Crippen molar-refractivity contribution in [1.82, 2.24) is 0 Å². The number of ether oxygens (including phenoxy) is 1. The summed E-state index contributed by atoms with van der Waals surface area (Å²) in [6, 6.07) is 0. The van der Waals surface area contributed by atoms with E-state index in [1.165, 1.54) is 0 Å². The van der Waals surface area contributed by atoms with Gasteiger partial charge >= 0.3 is 0 Å². The first-order valence-corrected chi connectivity index (χ1v) is 7.31. The number of rotatable bonds is 4. The second kappa shape index (κ2) is 5.18. The molecule has 0 aliphatic carbocycles. The van der Waals surface area contributed by atoms with Gasteiger partial charge in [0.1, 0.15) is 0 Å². The van der Waals surface area contributed by atoms with Crippen LogP contribution in [0, 0.1) is 23.7 Å². The quantitative estimate of drug-likeness (QED) is 0.723. The Balaban J connectivity index is 2.17. The highest BCUT2D eigenvalue weighted by Gasteiger charge is 2.57. The highest BCUT2D eigenvalue weighted by Crippen LogP contribution is 2.51. The lowest BCUT2D eigenvalue weighted by Gasteiger charge is -2.34. The first-order valence-electron chi connectivity index (χ1n) is 5.17. The van der Waals surface area contributed by atoms with Crippen LogP contribution in [0.3, 0.4) is 0 Å². The molecule has 2 bridgehead atoms. The molecule has 0 aromatic carbocycles. The topological polar surface area (TPSA) is 9.23 Å². The van der Waals surface area contributed by atoms with Gasteiger partial charge in [-0.25, -0.2) is 0 Å². The maximum Gasteiger partial charge on any atom is 0.0666 e. The molecule has 4 atom stereocenters. The fraction of sp³-hybridized carbons (Fsp3) is 1.00. The lowest BCUT2D eigenvalue weighted by molar-refractivity contribution is 0.0757. The molecule has 2 aliphatic heterocycles. The standard InChI is InChI=1S/C10H14Cl4O/c11-1-5-6(2-12)10-8(4-14)7(3-13)9(5)15-10/h5-10H,1-4H2/t5-,6-,7-,8-,9?,10?/m1/s1. The average molecular weight is 292 g/mol. The predicted octanol–water partition coefficient (Wildman–Crippen LogP) is 3.19. The number of halogens is 4. The van der Waals surface area contributed by atoms with E-state index in [1.807, 2.05) is 0 Å². The normalized spacial score (nSPS) is 48.8. The Labute approximate surface area is 110 Å². The van der Waals surface area contributed by atoms with E-state index >= 15 is 0 Å². The van der Waals surface area contributed by atoms with E-state index in [0.29, 0.717) is 47.2 Å². The van der Waals surface area contributed by atoms with Gasteiger partial charge in [-0.1, -0.05) is 0 Å². The van der Waals surface area contributed by atoms with E-state index in [2.05, 4.69) is 0 Å². The molecule has 1 nitrogen and oxygen atoms in total. The van der Waals surface area contributed by atoms with Gasteiger partial charge in [0.15, 0.2) is 0 Å². The van der Waals surface area contributed by atoms with Gasteiger partial charge < -0.3 is 4.74 Å². The van der Waals surface area contributed by atoms with Crippen LogP contribution < -0.4 is 0 Å². The fourth-order valence-corrected chi connectivity index (χ4v) is 4.62. The second-order valence-corrected chi connectivity index (χ2v) is 5.57. The van der Waals surface area contributed by atoms with Crippen molar-refractivity contribution in [2.24, 2.45) is 23.7 Å². The summed E-state index contributed by atoms with van der Waals surface area (Å²) in [7, 11) is 0. The van der Waals surface area contributed by atoms with Crippen LogP contribution in [0.25, 0.3) is 0 Å². The van der Waals surface area contributed by atoms with Crippen LogP contribution in [0.1, 0.15) is 0 Å². The Kier molecular flexibility index (Phi) is 4.34. The highest BCUT2D eigenvalue weighted by atomic mass is 35.5. The van der Waals surface area contributed by atoms with Crippen LogP contribution in [-0.4, -0.2) is 35.7 Å². The molecule has 0 spiro atoms. The van der Waals surface area contributed by atoms with Crippen LogP contribution in [0.2, 0.25) is 0 Å². The van der Waals surface area contributed by atoms with Gasteiger partial charge in [0, 0.05) is 47.2 Å². The fourth-order valence-electron chi connectivity index (χ4n) is 3.00.